The van der Waals surface area contributed by atoms with Gasteiger partial charge in [0.1, 0.15) is 0 Å². The standard InChI is InChI=1S/C12H26OS/c1-5-11(4)14-9-12(13)8-6-7-10(2)3/h10-13H,5-9H2,1-4H3. The molecule has 0 aliphatic heterocycles. The van der Waals surface area contributed by atoms with Crippen molar-refractivity contribution < 1.29 is 5.11 Å². The quantitative estimate of drug-likeness (QED) is 0.670. The van der Waals surface area contributed by atoms with Crippen LogP contribution < -0.4 is 0 Å². The van der Waals surface area contributed by atoms with E-state index in [1.165, 1.54) is 19.3 Å². The first-order chi connectivity index (χ1) is 6.56. The summed E-state index contributed by atoms with van der Waals surface area (Å²) in [5.74, 6) is 1.68. The lowest BCUT2D eigenvalue weighted by atomic mass is 10.1. The summed E-state index contributed by atoms with van der Waals surface area (Å²) in [5.41, 5.74) is 0. The van der Waals surface area contributed by atoms with Crippen LogP contribution in [0.15, 0.2) is 0 Å². The van der Waals surface area contributed by atoms with E-state index in [0.717, 1.165) is 18.1 Å². The van der Waals surface area contributed by atoms with Crippen molar-refractivity contribution in [2.75, 3.05) is 5.75 Å². The smallest absolute Gasteiger partial charge is 0.0630 e. The molecular weight excluding hydrogens is 192 g/mol. The molecule has 86 valence electrons. The Hall–Kier alpha value is 0.310. The van der Waals surface area contributed by atoms with E-state index < -0.39 is 0 Å². The van der Waals surface area contributed by atoms with Crippen LogP contribution in [0.4, 0.5) is 0 Å². The molecule has 0 radical (unpaired) electrons. The van der Waals surface area contributed by atoms with Gasteiger partial charge in [-0.2, -0.15) is 11.8 Å². The maximum absolute atomic E-state index is 9.69. The Balaban J connectivity index is 3.32. The molecule has 1 N–H and O–H groups in total. The van der Waals surface area contributed by atoms with E-state index in [1.807, 2.05) is 11.8 Å². The molecule has 0 saturated carbocycles. The number of hydrogen-bond acceptors (Lipinski definition) is 2. The predicted molar refractivity (Wildman–Crippen MR) is 66.9 cm³/mol. The van der Waals surface area contributed by atoms with E-state index >= 15 is 0 Å². The molecule has 0 fully saturated rings. The zero-order chi connectivity index (χ0) is 11.0. The SMILES string of the molecule is CCC(C)SCC(O)CCCC(C)C. The van der Waals surface area contributed by atoms with E-state index in [4.69, 9.17) is 0 Å². The number of aliphatic hydroxyl groups is 1. The number of rotatable bonds is 8. The maximum atomic E-state index is 9.69. The first kappa shape index (κ1) is 14.3. The molecule has 0 bridgehead atoms. The Morgan fingerprint density at radius 1 is 1.14 bits per heavy atom. The maximum Gasteiger partial charge on any atom is 0.0630 e. The van der Waals surface area contributed by atoms with Gasteiger partial charge in [-0.15, -0.1) is 0 Å². The van der Waals surface area contributed by atoms with Crippen molar-refractivity contribution in [3.05, 3.63) is 0 Å². The summed E-state index contributed by atoms with van der Waals surface area (Å²) in [6.45, 7) is 8.90. The van der Waals surface area contributed by atoms with Gasteiger partial charge in [-0.25, -0.2) is 0 Å². The molecule has 2 unspecified atom stereocenters. The lowest BCUT2D eigenvalue weighted by Crippen LogP contribution is -2.12. The molecule has 0 saturated heterocycles. The second kappa shape index (κ2) is 8.60. The van der Waals surface area contributed by atoms with Crippen LogP contribution in [0, 0.1) is 5.92 Å². The Morgan fingerprint density at radius 3 is 2.29 bits per heavy atom. The highest BCUT2D eigenvalue weighted by molar-refractivity contribution is 7.99. The van der Waals surface area contributed by atoms with Gasteiger partial charge in [0.05, 0.1) is 6.10 Å². The van der Waals surface area contributed by atoms with Crippen LogP contribution in [0.3, 0.4) is 0 Å². The van der Waals surface area contributed by atoms with Crippen LogP contribution in [0.25, 0.3) is 0 Å². The summed E-state index contributed by atoms with van der Waals surface area (Å²) in [7, 11) is 0. The monoisotopic (exact) mass is 218 g/mol. The minimum absolute atomic E-state index is 0.0900. The van der Waals surface area contributed by atoms with Crippen molar-refractivity contribution in [2.24, 2.45) is 5.92 Å². The van der Waals surface area contributed by atoms with Gasteiger partial charge in [0.2, 0.25) is 0 Å². The van der Waals surface area contributed by atoms with E-state index in [2.05, 4.69) is 27.7 Å². The molecule has 0 aromatic rings. The summed E-state index contributed by atoms with van der Waals surface area (Å²) in [4.78, 5) is 0. The normalized spacial score (nSPS) is 15.9. The number of aliphatic hydroxyl groups excluding tert-OH is 1. The van der Waals surface area contributed by atoms with E-state index in [9.17, 15) is 5.11 Å². The van der Waals surface area contributed by atoms with Crippen molar-refractivity contribution in [1.82, 2.24) is 0 Å². The molecule has 0 spiro atoms. The minimum atomic E-state index is -0.0900. The first-order valence-corrected chi connectivity index (χ1v) is 6.90. The molecule has 14 heavy (non-hydrogen) atoms. The third-order valence-electron chi connectivity index (χ3n) is 2.47. The van der Waals surface area contributed by atoms with Crippen molar-refractivity contribution in [1.29, 1.82) is 0 Å². The lowest BCUT2D eigenvalue weighted by molar-refractivity contribution is 0.183. The summed E-state index contributed by atoms with van der Waals surface area (Å²) in [5, 5.41) is 10.4. The third kappa shape index (κ3) is 8.89. The summed E-state index contributed by atoms with van der Waals surface area (Å²) in [6.07, 6.45) is 4.49. The Morgan fingerprint density at radius 2 is 1.79 bits per heavy atom. The Labute approximate surface area is 93.7 Å². The highest BCUT2D eigenvalue weighted by atomic mass is 32.2. The largest absolute Gasteiger partial charge is 0.392 e. The van der Waals surface area contributed by atoms with Crippen LogP contribution in [-0.2, 0) is 0 Å². The number of thioether (sulfide) groups is 1. The van der Waals surface area contributed by atoms with Crippen molar-refractivity contribution in [3.63, 3.8) is 0 Å². The van der Waals surface area contributed by atoms with Gasteiger partial charge >= 0.3 is 0 Å². The molecule has 0 aliphatic rings. The van der Waals surface area contributed by atoms with Gasteiger partial charge in [0, 0.05) is 11.0 Å². The molecule has 0 heterocycles. The molecule has 0 rings (SSSR count). The molecule has 2 atom stereocenters. The highest BCUT2D eigenvalue weighted by Gasteiger charge is 2.07. The fourth-order valence-electron chi connectivity index (χ4n) is 1.24. The summed E-state index contributed by atoms with van der Waals surface area (Å²) < 4.78 is 0. The molecule has 0 aromatic heterocycles. The highest BCUT2D eigenvalue weighted by Crippen LogP contribution is 2.17. The van der Waals surface area contributed by atoms with E-state index in [-0.39, 0.29) is 6.10 Å². The van der Waals surface area contributed by atoms with Gasteiger partial charge in [0.15, 0.2) is 0 Å². The Bertz CT molecular complexity index is 125. The minimum Gasteiger partial charge on any atom is -0.392 e. The zero-order valence-electron chi connectivity index (χ0n) is 10.1. The van der Waals surface area contributed by atoms with Crippen LogP contribution in [0.1, 0.15) is 53.4 Å². The average Bonchev–Trinajstić information content (AvgIpc) is 2.13. The lowest BCUT2D eigenvalue weighted by Gasteiger charge is -2.13. The van der Waals surface area contributed by atoms with E-state index in [1.54, 1.807) is 0 Å². The fourth-order valence-corrected chi connectivity index (χ4v) is 2.19. The van der Waals surface area contributed by atoms with Gasteiger partial charge in [0.25, 0.3) is 0 Å². The van der Waals surface area contributed by atoms with Crippen LogP contribution >= 0.6 is 11.8 Å². The van der Waals surface area contributed by atoms with Crippen LogP contribution in [0.5, 0.6) is 0 Å². The average molecular weight is 218 g/mol. The van der Waals surface area contributed by atoms with Gasteiger partial charge < -0.3 is 5.11 Å². The van der Waals surface area contributed by atoms with E-state index in [0.29, 0.717) is 5.25 Å². The predicted octanol–water partition coefficient (Wildman–Crippen LogP) is 3.71. The van der Waals surface area contributed by atoms with Gasteiger partial charge in [-0.1, -0.05) is 40.5 Å². The molecule has 0 amide bonds. The molecular formula is C12H26OS. The fraction of sp³-hybridized carbons (Fsp3) is 1.00. The Kier molecular flexibility index (Phi) is 8.80. The zero-order valence-corrected chi connectivity index (χ0v) is 10.9. The first-order valence-electron chi connectivity index (χ1n) is 5.85. The molecule has 2 heteroatoms. The third-order valence-corrected chi connectivity index (χ3v) is 3.95. The van der Waals surface area contributed by atoms with Crippen molar-refractivity contribution >= 4 is 11.8 Å². The summed E-state index contributed by atoms with van der Waals surface area (Å²) in [6, 6.07) is 0. The summed E-state index contributed by atoms with van der Waals surface area (Å²) >= 11 is 1.89. The van der Waals surface area contributed by atoms with Crippen molar-refractivity contribution in [2.45, 2.75) is 64.7 Å². The molecule has 0 aliphatic carbocycles. The van der Waals surface area contributed by atoms with Crippen LogP contribution in [-0.4, -0.2) is 22.2 Å². The van der Waals surface area contributed by atoms with Gasteiger partial charge in [-0.05, 0) is 18.8 Å². The number of hydrogen-bond donors (Lipinski definition) is 1. The second-order valence-corrected chi connectivity index (χ2v) is 6.00. The van der Waals surface area contributed by atoms with Gasteiger partial charge in [-0.3, -0.25) is 0 Å². The molecule has 0 aromatic carbocycles. The molecule has 1 nitrogen and oxygen atoms in total. The topological polar surface area (TPSA) is 20.2 Å². The second-order valence-electron chi connectivity index (χ2n) is 4.53. The van der Waals surface area contributed by atoms with Crippen molar-refractivity contribution in [3.8, 4) is 0 Å². The van der Waals surface area contributed by atoms with Crippen LogP contribution in [0.2, 0.25) is 0 Å².